The third kappa shape index (κ3) is 2.51. The van der Waals surface area contributed by atoms with Gasteiger partial charge in [0.05, 0.1) is 12.1 Å². The molecule has 0 amide bonds. The van der Waals surface area contributed by atoms with Crippen molar-refractivity contribution in [3.05, 3.63) is 35.8 Å². The summed E-state index contributed by atoms with van der Waals surface area (Å²) in [6, 6.07) is 6.96. The fourth-order valence-corrected chi connectivity index (χ4v) is 2.69. The van der Waals surface area contributed by atoms with Crippen molar-refractivity contribution in [3.8, 4) is 0 Å². The molecule has 0 saturated carbocycles. The van der Waals surface area contributed by atoms with Crippen molar-refractivity contribution in [2.45, 2.75) is 31.4 Å². The first-order chi connectivity index (χ1) is 9.28. The Morgan fingerprint density at radius 3 is 3.05 bits per heavy atom. The Labute approximate surface area is 111 Å². The molecule has 1 fully saturated rings. The van der Waals surface area contributed by atoms with Crippen LogP contribution in [0.2, 0.25) is 0 Å². The van der Waals surface area contributed by atoms with E-state index in [2.05, 4.69) is 5.32 Å². The first-order valence-corrected chi connectivity index (χ1v) is 6.75. The highest BCUT2D eigenvalue weighted by Crippen LogP contribution is 2.30. The molecule has 1 aliphatic heterocycles. The molecule has 19 heavy (non-hydrogen) atoms. The number of hydrogen-bond acceptors (Lipinski definition) is 3. The number of rotatable bonds is 4. The van der Waals surface area contributed by atoms with Gasteiger partial charge in [-0.15, -0.1) is 0 Å². The zero-order valence-electron chi connectivity index (χ0n) is 11.0. The van der Waals surface area contributed by atoms with E-state index in [9.17, 15) is 4.39 Å². The zero-order chi connectivity index (χ0) is 13.2. The van der Waals surface area contributed by atoms with Gasteiger partial charge in [0.1, 0.15) is 5.76 Å². The lowest BCUT2D eigenvalue weighted by Crippen LogP contribution is -2.21. The molecule has 1 aromatic carbocycles. The van der Waals surface area contributed by atoms with Crippen LogP contribution in [0.25, 0.3) is 11.0 Å². The van der Waals surface area contributed by atoms with E-state index >= 15 is 0 Å². The van der Waals surface area contributed by atoms with Gasteiger partial charge in [-0.1, -0.05) is 12.1 Å². The molecule has 0 bridgehead atoms. The summed E-state index contributed by atoms with van der Waals surface area (Å²) in [4.78, 5) is 0. The molecule has 2 atom stereocenters. The van der Waals surface area contributed by atoms with Gasteiger partial charge in [0.25, 0.3) is 0 Å². The van der Waals surface area contributed by atoms with E-state index < -0.39 is 0 Å². The molecule has 2 heterocycles. The maximum atomic E-state index is 13.6. The maximum absolute atomic E-state index is 13.6. The van der Waals surface area contributed by atoms with Gasteiger partial charge in [-0.05, 0) is 38.4 Å². The number of benzene rings is 1. The quantitative estimate of drug-likeness (QED) is 0.918. The highest BCUT2D eigenvalue weighted by molar-refractivity contribution is 5.78. The normalized spacial score (nSPS) is 21.1. The summed E-state index contributed by atoms with van der Waals surface area (Å²) < 4.78 is 25.0. The van der Waals surface area contributed by atoms with E-state index in [1.54, 1.807) is 6.07 Å². The molecule has 1 N–H and O–H groups in total. The summed E-state index contributed by atoms with van der Waals surface area (Å²) in [5.41, 5.74) is 0.338. The number of hydrogen-bond donors (Lipinski definition) is 1. The number of halogens is 1. The zero-order valence-corrected chi connectivity index (χ0v) is 11.0. The molecular weight excluding hydrogens is 245 g/mol. The fraction of sp³-hybridized carbons (Fsp3) is 0.467. The second-order valence-electron chi connectivity index (χ2n) is 5.02. The average Bonchev–Trinajstić information content (AvgIpc) is 3.05. The van der Waals surface area contributed by atoms with Crippen LogP contribution in [0.4, 0.5) is 4.39 Å². The summed E-state index contributed by atoms with van der Waals surface area (Å²) >= 11 is 0. The number of ether oxygens (including phenoxy) is 1. The Balaban J connectivity index is 1.86. The van der Waals surface area contributed by atoms with E-state index in [-0.39, 0.29) is 18.0 Å². The van der Waals surface area contributed by atoms with Gasteiger partial charge in [0.2, 0.25) is 0 Å². The smallest absolute Gasteiger partial charge is 0.169 e. The lowest BCUT2D eigenvalue weighted by Gasteiger charge is -2.17. The van der Waals surface area contributed by atoms with Gasteiger partial charge in [0.15, 0.2) is 11.4 Å². The summed E-state index contributed by atoms with van der Waals surface area (Å²) in [6.07, 6.45) is 3.34. The van der Waals surface area contributed by atoms with Gasteiger partial charge >= 0.3 is 0 Å². The number of nitrogens with one attached hydrogen (secondary N) is 1. The summed E-state index contributed by atoms with van der Waals surface area (Å²) in [7, 11) is 1.89. The van der Waals surface area contributed by atoms with Crippen molar-refractivity contribution in [2.24, 2.45) is 0 Å². The van der Waals surface area contributed by atoms with Gasteiger partial charge in [-0.3, -0.25) is 0 Å². The largest absolute Gasteiger partial charge is 0.456 e. The van der Waals surface area contributed by atoms with Crippen LogP contribution in [-0.2, 0) is 4.74 Å². The van der Waals surface area contributed by atoms with Crippen LogP contribution < -0.4 is 5.32 Å². The van der Waals surface area contributed by atoms with Crippen LogP contribution in [0.1, 0.15) is 31.1 Å². The number of fused-ring (bicyclic) bond motifs is 1. The minimum absolute atomic E-state index is 0.0647. The van der Waals surface area contributed by atoms with Crippen LogP contribution in [0.5, 0.6) is 0 Å². The molecule has 2 aromatic rings. The molecule has 4 heteroatoms. The Hall–Kier alpha value is -1.39. The molecule has 1 saturated heterocycles. The van der Waals surface area contributed by atoms with E-state index in [4.69, 9.17) is 9.15 Å². The van der Waals surface area contributed by atoms with Gasteiger partial charge in [-0.2, -0.15) is 0 Å². The third-order valence-corrected chi connectivity index (χ3v) is 3.73. The first kappa shape index (κ1) is 12.6. The van der Waals surface area contributed by atoms with E-state index in [1.807, 2.05) is 19.2 Å². The summed E-state index contributed by atoms with van der Waals surface area (Å²) in [5.74, 6) is 0.466. The molecule has 102 valence electrons. The molecule has 1 aliphatic rings. The minimum Gasteiger partial charge on any atom is -0.456 e. The predicted octanol–water partition coefficient (Wildman–Crippen LogP) is 3.40. The van der Waals surface area contributed by atoms with Crippen molar-refractivity contribution in [3.63, 3.8) is 0 Å². The standard InChI is InChI=1S/C15H18FNO2/c1-17-13(9-11-5-3-7-18-11)14-8-10-4-2-6-12(16)15(10)19-14/h2,4,6,8,11,13,17H,3,5,7,9H2,1H3. The molecular formula is C15H18FNO2. The van der Waals surface area contributed by atoms with Gasteiger partial charge < -0.3 is 14.5 Å². The molecule has 3 rings (SSSR count). The Morgan fingerprint density at radius 2 is 2.37 bits per heavy atom. The number of para-hydroxylation sites is 1. The Morgan fingerprint density at radius 1 is 1.47 bits per heavy atom. The minimum atomic E-state index is -0.310. The van der Waals surface area contributed by atoms with Crippen LogP contribution in [0, 0.1) is 5.82 Å². The van der Waals surface area contributed by atoms with E-state index in [0.717, 1.165) is 37.0 Å². The van der Waals surface area contributed by atoms with Crippen LogP contribution in [0.15, 0.2) is 28.7 Å². The van der Waals surface area contributed by atoms with Crippen LogP contribution in [0.3, 0.4) is 0 Å². The third-order valence-electron chi connectivity index (χ3n) is 3.73. The number of furan rings is 1. The second kappa shape index (κ2) is 5.31. The van der Waals surface area contributed by atoms with Gasteiger partial charge in [-0.25, -0.2) is 4.39 Å². The summed E-state index contributed by atoms with van der Waals surface area (Å²) in [5, 5.41) is 4.04. The average molecular weight is 263 g/mol. The van der Waals surface area contributed by atoms with Gasteiger partial charge in [0, 0.05) is 12.0 Å². The highest BCUT2D eigenvalue weighted by Gasteiger charge is 2.23. The van der Waals surface area contributed by atoms with Crippen molar-refractivity contribution >= 4 is 11.0 Å². The molecule has 3 nitrogen and oxygen atoms in total. The predicted molar refractivity (Wildman–Crippen MR) is 71.6 cm³/mol. The lowest BCUT2D eigenvalue weighted by atomic mass is 10.0. The highest BCUT2D eigenvalue weighted by atomic mass is 19.1. The van der Waals surface area contributed by atoms with Crippen molar-refractivity contribution in [1.29, 1.82) is 0 Å². The maximum Gasteiger partial charge on any atom is 0.169 e. The topological polar surface area (TPSA) is 34.4 Å². The second-order valence-corrected chi connectivity index (χ2v) is 5.02. The first-order valence-electron chi connectivity index (χ1n) is 6.75. The SMILES string of the molecule is CNC(CC1CCCO1)c1cc2cccc(F)c2o1. The molecule has 1 aromatic heterocycles. The molecule has 2 unspecified atom stereocenters. The van der Waals surface area contributed by atoms with Crippen molar-refractivity contribution < 1.29 is 13.5 Å². The van der Waals surface area contributed by atoms with Crippen LogP contribution in [-0.4, -0.2) is 19.8 Å². The van der Waals surface area contributed by atoms with Crippen LogP contribution >= 0.6 is 0 Å². The van der Waals surface area contributed by atoms with Crippen molar-refractivity contribution in [2.75, 3.05) is 13.7 Å². The molecule has 0 spiro atoms. The van der Waals surface area contributed by atoms with E-state index in [1.165, 1.54) is 6.07 Å². The molecule has 0 aliphatic carbocycles. The monoisotopic (exact) mass is 263 g/mol. The van der Waals surface area contributed by atoms with Crippen molar-refractivity contribution in [1.82, 2.24) is 5.32 Å². The lowest BCUT2D eigenvalue weighted by molar-refractivity contribution is 0.0931. The Kier molecular flexibility index (Phi) is 3.53. The Bertz CT molecular complexity index is 560. The fourth-order valence-electron chi connectivity index (χ4n) is 2.69. The molecule has 0 radical (unpaired) electrons. The van der Waals surface area contributed by atoms with E-state index in [0.29, 0.717) is 5.58 Å². The summed E-state index contributed by atoms with van der Waals surface area (Å²) in [6.45, 7) is 0.843.